The summed E-state index contributed by atoms with van der Waals surface area (Å²) < 4.78 is 37.0. The Morgan fingerprint density at radius 1 is 1.10 bits per heavy atom. The number of hydrazine groups is 1. The van der Waals surface area contributed by atoms with E-state index in [1.165, 1.54) is 0 Å². The van der Waals surface area contributed by atoms with Crippen LogP contribution in [0, 0.1) is 5.92 Å². The fourth-order valence-corrected chi connectivity index (χ4v) is 1.43. The number of hydrogen-bond acceptors (Lipinski definition) is 2. The maximum Gasteiger partial charge on any atom is 0.416 e. The van der Waals surface area contributed by atoms with E-state index in [-0.39, 0.29) is 23.8 Å². The minimum Gasteiger partial charge on any atom is -0.273 e. The number of carbonyl (C=O) groups is 2. The average molecular weight is 288 g/mol. The molecule has 1 rings (SSSR count). The zero-order valence-electron chi connectivity index (χ0n) is 11.0. The van der Waals surface area contributed by atoms with Crippen molar-refractivity contribution >= 4 is 11.8 Å². The molecule has 0 unspecified atom stereocenters. The van der Waals surface area contributed by atoms with Crippen LogP contribution in [0.2, 0.25) is 0 Å². The molecule has 20 heavy (non-hydrogen) atoms. The van der Waals surface area contributed by atoms with E-state index in [9.17, 15) is 22.8 Å². The van der Waals surface area contributed by atoms with Crippen molar-refractivity contribution in [2.24, 2.45) is 5.92 Å². The molecule has 2 amide bonds. The minimum atomic E-state index is -4.44. The van der Waals surface area contributed by atoms with Crippen LogP contribution < -0.4 is 10.9 Å². The Labute approximate surface area is 114 Å². The normalized spacial score (nSPS) is 11.3. The summed E-state index contributed by atoms with van der Waals surface area (Å²) in [7, 11) is 0. The van der Waals surface area contributed by atoms with Crippen molar-refractivity contribution in [3.63, 3.8) is 0 Å². The summed E-state index contributed by atoms with van der Waals surface area (Å²) >= 11 is 0. The lowest BCUT2D eigenvalue weighted by Gasteiger charge is -2.10. The number of rotatable bonds is 3. The number of benzene rings is 1. The highest BCUT2D eigenvalue weighted by molar-refractivity contribution is 5.95. The van der Waals surface area contributed by atoms with E-state index in [0.717, 1.165) is 24.3 Å². The smallest absolute Gasteiger partial charge is 0.273 e. The molecule has 0 aromatic heterocycles. The van der Waals surface area contributed by atoms with Crippen LogP contribution in [0.5, 0.6) is 0 Å². The Balaban J connectivity index is 2.58. The van der Waals surface area contributed by atoms with Gasteiger partial charge >= 0.3 is 6.18 Å². The topological polar surface area (TPSA) is 58.2 Å². The van der Waals surface area contributed by atoms with Crippen molar-refractivity contribution in [2.75, 3.05) is 0 Å². The van der Waals surface area contributed by atoms with Gasteiger partial charge in [0, 0.05) is 12.0 Å². The molecule has 0 atom stereocenters. The first-order valence-corrected chi connectivity index (χ1v) is 5.96. The second kappa shape index (κ2) is 6.40. The summed E-state index contributed by atoms with van der Waals surface area (Å²) in [4.78, 5) is 22.9. The van der Waals surface area contributed by atoms with Crippen LogP contribution in [-0.4, -0.2) is 11.8 Å². The van der Waals surface area contributed by atoms with Gasteiger partial charge in [-0.15, -0.1) is 0 Å². The molecule has 7 heteroatoms. The van der Waals surface area contributed by atoms with Crippen LogP contribution in [0.4, 0.5) is 13.2 Å². The third-order valence-corrected chi connectivity index (χ3v) is 2.38. The van der Waals surface area contributed by atoms with Crippen LogP contribution >= 0.6 is 0 Å². The Hall–Kier alpha value is -2.05. The predicted octanol–water partition coefficient (Wildman–Crippen LogP) is 2.51. The van der Waals surface area contributed by atoms with Crippen LogP contribution in [0.25, 0.3) is 0 Å². The summed E-state index contributed by atoms with van der Waals surface area (Å²) in [5.74, 6) is -0.894. The molecule has 0 aliphatic carbocycles. The number of alkyl halides is 3. The van der Waals surface area contributed by atoms with Gasteiger partial charge in [-0.3, -0.25) is 20.4 Å². The maximum atomic E-state index is 12.3. The molecule has 0 spiro atoms. The third-order valence-electron chi connectivity index (χ3n) is 2.38. The Bertz CT molecular complexity index is 481. The van der Waals surface area contributed by atoms with Crippen LogP contribution in [0.15, 0.2) is 24.3 Å². The van der Waals surface area contributed by atoms with Crippen molar-refractivity contribution < 1.29 is 22.8 Å². The largest absolute Gasteiger partial charge is 0.416 e. The quantitative estimate of drug-likeness (QED) is 0.840. The van der Waals surface area contributed by atoms with Gasteiger partial charge in [-0.05, 0) is 30.2 Å². The molecule has 110 valence electrons. The molecular weight excluding hydrogens is 273 g/mol. The minimum absolute atomic E-state index is 0.0304. The van der Waals surface area contributed by atoms with Gasteiger partial charge in [0.2, 0.25) is 5.91 Å². The molecule has 0 aliphatic heterocycles. The third kappa shape index (κ3) is 4.91. The number of nitrogens with one attached hydrogen (secondary N) is 2. The number of halogens is 3. The van der Waals surface area contributed by atoms with Gasteiger partial charge in [0.05, 0.1) is 5.56 Å². The van der Waals surface area contributed by atoms with Crippen molar-refractivity contribution in [3.8, 4) is 0 Å². The molecule has 0 saturated carbocycles. The summed E-state index contributed by atoms with van der Waals surface area (Å²) in [5.41, 5.74) is 3.53. The zero-order valence-corrected chi connectivity index (χ0v) is 11.0. The molecule has 0 radical (unpaired) electrons. The second-order valence-electron chi connectivity index (χ2n) is 4.68. The Morgan fingerprint density at radius 3 is 2.10 bits per heavy atom. The van der Waals surface area contributed by atoms with Gasteiger partial charge in [0.1, 0.15) is 0 Å². The molecule has 0 bridgehead atoms. The monoisotopic (exact) mass is 288 g/mol. The van der Waals surface area contributed by atoms with E-state index < -0.39 is 17.6 Å². The highest BCUT2D eigenvalue weighted by Gasteiger charge is 2.30. The second-order valence-corrected chi connectivity index (χ2v) is 4.68. The lowest BCUT2D eigenvalue weighted by molar-refractivity contribution is -0.137. The average Bonchev–Trinajstić information content (AvgIpc) is 2.34. The van der Waals surface area contributed by atoms with Gasteiger partial charge in [-0.2, -0.15) is 13.2 Å². The van der Waals surface area contributed by atoms with E-state index >= 15 is 0 Å². The molecular formula is C13H15F3N2O2. The summed E-state index contributed by atoms with van der Waals surface area (Å²) in [6.45, 7) is 3.69. The van der Waals surface area contributed by atoms with Crippen molar-refractivity contribution in [1.82, 2.24) is 10.9 Å². The van der Waals surface area contributed by atoms with Crippen molar-refractivity contribution in [3.05, 3.63) is 35.4 Å². The summed E-state index contributed by atoms with van der Waals surface area (Å²) in [6, 6.07) is 3.72. The van der Waals surface area contributed by atoms with E-state index in [4.69, 9.17) is 0 Å². The molecule has 0 fully saturated rings. The van der Waals surface area contributed by atoms with E-state index in [1.54, 1.807) is 0 Å². The van der Waals surface area contributed by atoms with Crippen LogP contribution in [0.1, 0.15) is 36.2 Å². The molecule has 0 saturated heterocycles. The highest BCUT2D eigenvalue weighted by atomic mass is 19.4. The van der Waals surface area contributed by atoms with Gasteiger partial charge in [-0.25, -0.2) is 0 Å². The van der Waals surface area contributed by atoms with Crippen molar-refractivity contribution in [1.29, 1.82) is 0 Å². The lowest BCUT2D eigenvalue weighted by atomic mass is 10.1. The molecule has 0 heterocycles. The van der Waals surface area contributed by atoms with Crippen LogP contribution in [-0.2, 0) is 11.0 Å². The van der Waals surface area contributed by atoms with E-state index in [1.807, 2.05) is 13.8 Å². The van der Waals surface area contributed by atoms with Gasteiger partial charge in [0.25, 0.3) is 5.91 Å². The van der Waals surface area contributed by atoms with Crippen LogP contribution in [0.3, 0.4) is 0 Å². The van der Waals surface area contributed by atoms with E-state index in [0.29, 0.717) is 0 Å². The van der Waals surface area contributed by atoms with Gasteiger partial charge < -0.3 is 0 Å². The predicted molar refractivity (Wildman–Crippen MR) is 66.5 cm³/mol. The molecule has 4 nitrogen and oxygen atoms in total. The SMILES string of the molecule is CC(C)CC(=O)NNC(=O)c1ccc(C(F)(F)F)cc1. The molecule has 2 N–H and O–H groups in total. The molecule has 1 aromatic rings. The standard InChI is InChI=1S/C13H15F3N2O2/c1-8(2)7-11(19)17-18-12(20)9-3-5-10(6-4-9)13(14,15)16/h3-6,8H,7H2,1-2H3,(H,17,19)(H,18,20). The number of carbonyl (C=O) groups excluding carboxylic acids is 2. The maximum absolute atomic E-state index is 12.3. The summed E-state index contributed by atoms with van der Waals surface area (Å²) in [5, 5.41) is 0. The Morgan fingerprint density at radius 2 is 1.65 bits per heavy atom. The van der Waals surface area contributed by atoms with Gasteiger partial charge in [0.15, 0.2) is 0 Å². The fourth-order valence-electron chi connectivity index (χ4n) is 1.43. The van der Waals surface area contributed by atoms with Crippen molar-refractivity contribution in [2.45, 2.75) is 26.4 Å². The highest BCUT2D eigenvalue weighted by Crippen LogP contribution is 2.28. The molecule has 0 aliphatic rings. The summed E-state index contributed by atoms with van der Waals surface area (Å²) in [6.07, 6.45) is -4.20. The first-order chi connectivity index (χ1) is 9.20. The lowest BCUT2D eigenvalue weighted by Crippen LogP contribution is -2.42. The first-order valence-electron chi connectivity index (χ1n) is 5.96. The first kappa shape index (κ1) is 16.0. The Kier molecular flexibility index (Phi) is 5.12. The number of amides is 2. The van der Waals surface area contributed by atoms with E-state index in [2.05, 4.69) is 10.9 Å². The zero-order chi connectivity index (χ0) is 15.3. The number of hydrogen-bond donors (Lipinski definition) is 2. The fraction of sp³-hybridized carbons (Fsp3) is 0.385. The molecule has 1 aromatic carbocycles. The van der Waals surface area contributed by atoms with Gasteiger partial charge in [-0.1, -0.05) is 13.8 Å².